The Hall–Kier alpha value is -1.52. The van der Waals surface area contributed by atoms with Crippen LogP contribution in [-0.4, -0.2) is 33.5 Å². The minimum absolute atomic E-state index is 0.259. The summed E-state index contributed by atoms with van der Waals surface area (Å²) in [6, 6.07) is 0.259. The van der Waals surface area contributed by atoms with E-state index in [0.29, 0.717) is 6.42 Å². The van der Waals surface area contributed by atoms with Gasteiger partial charge in [-0.3, -0.25) is 0 Å². The first-order valence-electron chi connectivity index (χ1n) is 8.01. The highest BCUT2D eigenvalue weighted by Crippen LogP contribution is 2.44. The normalized spacial score (nSPS) is 39.1. The lowest BCUT2D eigenvalue weighted by Gasteiger charge is -2.55. The molecular formula is C19H25NO2. The standard InChI is InChI=1S/C19H25NO2/c1-3-5-7-10-16-11-8-13-18(20-16)14-9-12-17(21)19(18,22)15-6-4-2/h1-2,5-7,15-17,20-22H,8-14H2/b7-5-,15-6-/t16-,17+,18?,19+/m1/s1. The van der Waals surface area contributed by atoms with E-state index in [1.54, 1.807) is 12.2 Å². The summed E-state index contributed by atoms with van der Waals surface area (Å²) < 4.78 is 0. The number of piperidine rings is 1. The number of terminal acetylenes is 2. The molecule has 0 amide bonds. The summed E-state index contributed by atoms with van der Waals surface area (Å²) in [7, 11) is 0. The Morgan fingerprint density at radius 3 is 2.50 bits per heavy atom. The Balaban J connectivity index is 2.24. The van der Waals surface area contributed by atoms with Crippen LogP contribution in [0.2, 0.25) is 0 Å². The average Bonchev–Trinajstić information content (AvgIpc) is 2.52. The summed E-state index contributed by atoms with van der Waals surface area (Å²) >= 11 is 0. The molecule has 2 rings (SSSR count). The van der Waals surface area contributed by atoms with Gasteiger partial charge in [0.15, 0.2) is 0 Å². The number of nitrogens with one attached hydrogen (secondary N) is 1. The van der Waals surface area contributed by atoms with Crippen molar-refractivity contribution in [3.8, 4) is 24.7 Å². The molecule has 118 valence electrons. The molecule has 3 heteroatoms. The van der Waals surface area contributed by atoms with Crippen LogP contribution < -0.4 is 5.32 Å². The van der Waals surface area contributed by atoms with Crippen molar-refractivity contribution in [1.29, 1.82) is 0 Å². The molecule has 1 saturated heterocycles. The molecule has 2 aliphatic rings. The Kier molecular flexibility index (Phi) is 5.48. The van der Waals surface area contributed by atoms with Crippen molar-refractivity contribution in [2.75, 3.05) is 0 Å². The van der Waals surface area contributed by atoms with Gasteiger partial charge in [-0.05, 0) is 63.2 Å². The van der Waals surface area contributed by atoms with E-state index in [1.807, 2.05) is 6.08 Å². The molecule has 0 aromatic heterocycles. The Labute approximate surface area is 133 Å². The third kappa shape index (κ3) is 3.13. The predicted octanol–water partition coefficient (Wildman–Crippen LogP) is 1.91. The molecule has 0 aromatic rings. The van der Waals surface area contributed by atoms with E-state index in [1.165, 1.54) is 6.08 Å². The molecule has 1 aliphatic heterocycles. The van der Waals surface area contributed by atoms with Gasteiger partial charge in [0, 0.05) is 6.04 Å². The van der Waals surface area contributed by atoms with Gasteiger partial charge in [-0.2, -0.15) is 0 Å². The Morgan fingerprint density at radius 1 is 1.14 bits per heavy atom. The third-order valence-electron chi connectivity index (χ3n) is 5.06. The fourth-order valence-electron chi connectivity index (χ4n) is 3.96. The van der Waals surface area contributed by atoms with Crippen LogP contribution in [-0.2, 0) is 0 Å². The highest BCUT2D eigenvalue weighted by atomic mass is 16.3. The van der Waals surface area contributed by atoms with Gasteiger partial charge in [0.2, 0.25) is 0 Å². The van der Waals surface area contributed by atoms with Crippen molar-refractivity contribution in [2.24, 2.45) is 0 Å². The summed E-state index contributed by atoms with van der Waals surface area (Å²) in [6.07, 6.45) is 22.6. The monoisotopic (exact) mass is 299 g/mol. The summed E-state index contributed by atoms with van der Waals surface area (Å²) in [4.78, 5) is 0. The van der Waals surface area contributed by atoms with Gasteiger partial charge in [-0.15, -0.1) is 12.8 Å². The lowest BCUT2D eigenvalue weighted by molar-refractivity contribution is -0.138. The van der Waals surface area contributed by atoms with E-state index >= 15 is 0 Å². The van der Waals surface area contributed by atoms with Crippen molar-refractivity contribution in [2.45, 2.75) is 68.2 Å². The number of hydrogen-bond acceptors (Lipinski definition) is 3. The first kappa shape index (κ1) is 16.8. The van der Waals surface area contributed by atoms with Crippen molar-refractivity contribution in [3.63, 3.8) is 0 Å². The zero-order valence-electron chi connectivity index (χ0n) is 13.0. The van der Waals surface area contributed by atoms with Crippen molar-refractivity contribution in [1.82, 2.24) is 5.32 Å². The van der Waals surface area contributed by atoms with E-state index in [9.17, 15) is 10.2 Å². The second-order valence-electron chi connectivity index (χ2n) is 6.35. The molecular weight excluding hydrogens is 274 g/mol. The van der Waals surface area contributed by atoms with Crippen molar-refractivity contribution in [3.05, 3.63) is 24.3 Å². The SMILES string of the molecule is C#C/C=C\C[C@@H]1CCCC2(CCC[C@H](O)[C@@]2(O)/C=C\C#C)N1. The first-order chi connectivity index (χ1) is 10.6. The molecule has 1 saturated carbocycles. The molecule has 0 radical (unpaired) electrons. The average molecular weight is 299 g/mol. The van der Waals surface area contributed by atoms with Gasteiger partial charge in [0.1, 0.15) is 5.60 Å². The highest BCUT2D eigenvalue weighted by molar-refractivity contribution is 5.26. The van der Waals surface area contributed by atoms with Gasteiger partial charge in [0.05, 0.1) is 11.6 Å². The molecule has 0 aromatic carbocycles. The van der Waals surface area contributed by atoms with Crippen LogP contribution in [0.4, 0.5) is 0 Å². The second kappa shape index (κ2) is 7.16. The number of rotatable bonds is 3. The van der Waals surface area contributed by atoms with Crippen molar-refractivity contribution >= 4 is 0 Å². The van der Waals surface area contributed by atoms with Crippen molar-refractivity contribution < 1.29 is 10.2 Å². The van der Waals surface area contributed by atoms with E-state index in [4.69, 9.17) is 12.8 Å². The zero-order chi connectivity index (χ0) is 16.1. The smallest absolute Gasteiger partial charge is 0.127 e. The minimum Gasteiger partial charge on any atom is -0.390 e. The Bertz CT molecular complexity index is 521. The summed E-state index contributed by atoms with van der Waals surface area (Å²) in [5.74, 6) is 4.92. The summed E-state index contributed by atoms with van der Waals surface area (Å²) in [6.45, 7) is 0. The van der Waals surface area contributed by atoms with Gasteiger partial charge >= 0.3 is 0 Å². The van der Waals surface area contributed by atoms with Crippen LogP contribution in [0, 0.1) is 24.7 Å². The van der Waals surface area contributed by atoms with Gasteiger partial charge in [-0.1, -0.05) is 17.9 Å². The minimum atomic E-state index is -1.31. The van der Waals surface area contributed by atoms with Gasteiger partial charge in [0.25, 0.3) is 0 Å². The number of aliphatic hydroxyl groups is 2. The van der Waals surface area contributed by atoms with E-state index in [-0.39, 0.29) is 6.04 Å². The van der Waals surface area contributed by atoms with Crippen LogP contribution in [0.15, 0.2) is 24.3 Å². The quantitative estimate of drug-likeness (QED) is 0.698. The summed E-state index contributed by atoms with van der Waals surface area (Å²) in [5.41, 5.74) is -1.82. The fourth-order valence-corrected chi connectivity index (χ4v) is 3.96. The zero-order valence-corrected chi connectivity index (χ0v) is 13.0. The number of allylic oxidation sites excluding steroid dienone is 2. The van der Waals surface area contributed by atoms with Gasteiger partial charge in [-0.25, -0.2) is 0 Å². The maximum Gasteiger partial charge on any atom is 0.127 e. The molecule has 1 heterocycles. The predicted molar refractivity (Wildman–Crippen MR) is 88.9 cm³/mol. The molecule has 22 heavy (non-hydrogen) atoms. The van der Waals surface area contributed by atoms with E-state index < -0.39 is 17.2 Å². The van der Waals surface area contributed by atoms with Crippen LogP contribution in [0.3, 0.4) is 0 Å². The second-order valence-corrected chi connectivity index (χ2v) is 6.35. The summed E-state index contributed by atoms with van der Waals surface area (Å²) in [5, 5.41) is 25.2. The molecule has 4 atom stereocenters. The highest BCUT2D eigenvalue weighted by Gasteiger charge is 2.56. The molecule has 1 aliphatic carbocycles. The molecule has 2 fully saturated rings. The topological polar surface area (TPSA) is 52.5 Å². The largest absolute Gasteiger partial charge is 0.390 e. The third-order valence-corrected chi connectivity index (χ3v) is 5.06. The molecule has 0 bridgehead atoms. The van der Waals surface area contributed by atoms with Crippen LogP contribution in [0.5, 0.6) is 0 Å². The maximum absolute atomic E-state index is 11.2. The van der Waals surface area contributed by atoms with Gasteiger partial charge < -0.3 is 15.5 Å². The van der Waals surface area contributed by atoms with Crippen LogP contribution in [0.1, 0.15) is 44.9 Å². The fraction of sp³-hybridized carbons (Fsp3) is 0.579. The van der Waals surface area contributed by atoms with E-state index in [0.717, 1.165) is 38.5 Å². The Morgan fingerprint density at radius 2 is 1.82 bits per heavy atom. The lowest BCUT2D eigenvalue weighted by atomic mass is 9.63. The number of aliphatic hydroxyl groups excluding tert-OH is 1. The molecule has 1 unspecified atom stereocenters. The number of hydrogen-bond donors (Lipinski definition) is 3. The molecule has 3 N–H and O–H groups in total. The van der Waals surface area contributed by atoms with Crippen LogP contribution in [0.25, 0.3) is 0 Å². The van der Waals surface area contributed by atoms with E-state index in [2.05, 4.69) is 17.2 Å². The maximum atomic E-state index is 11.2. The van der Waals surface area contributed by atoms with Crippen LogP contribution >= 0.6 is 0 Å². The lowest BCUT2D eigenvalue weighted by Crippen LogP contribution is -2.71. The molecule has 3 nitrogen and oxygen atoms in total. The molecule has 1 spiro atoms. The first-order valence-corrected chi connectivity index (χ1v) is 8.01.